The molecular formula is C19H25N3O2. The van der Waals surface area contributed by atoms with Crippen LogP contribution in [0.2, 0.25) is 0 Å². The number of nitrogens with zero attached hydrogens (tertiary/aromatic N) is 2. The quantitative estimate of drug-likeness (QED) is 0.856. The van der Waals surface area contributed by atoms with Gasteiger partial charge in [0.15, 0.2) is 11.5 Å². The topological polar surface area (TPSA) is 51.0 Å². The largest absolute Gasteiger partial charge is 0.493 e. The van der Waals surface area contributed by atoms with E-state index in [0.29, 0.717) is 11.4 Å². The molecule has 0 atom stereocenters. The van der Waals surface area contributed by atoms with Gasteiger partial charge in [-0.1, -0.05) is 18.2 Å². The Hall–Kier alpha value is -2.40. The highest BCUT2D eigenvalue weighted by molar-refractivity contribution is 5.57. The first-order valence-electron chi connectivity index (χ1n) is 8.24. The first-order valence-corrected chi connectivity index (χ1v) is 8.24. The summed E-state index contributed by atoms with van der Waals surface area (Å²) in [6.07, 6.45) is 0. The van der Waals surface area contributed by atoms with Crippen molar-refractivity contribution in [2.75, 3.05) is 51.0 Å². The van der Waals surface area contributed by atoms with Gasteiger partial charge in [-0.15, -0.1) is 0 Å². The summed E-state index contributed by atoms with van der Waals surface area (Å²) in [5.41, 5.74) is 9.06. The maximum absolute atomic E-state index is 6.00. The second kappa shape index (κ2) is 7.45. The molecule has 24 heavy (non-hydrogen) atoms. The molecule has 0 aliphatic carbocycles. The van der Waals surface area contributed by atoms with Crippen LogP contribution in [0.1, 0.15) is 5.56 Å². The molecule has 1 heterocycles. The van der Waals surface area contributed by atoms with Gasteiger partial charge in [-0.3, -0.25) is 4.90 Å². The standard InChI is InChI=1S/C19H25N3O2/c1-23-18-13-16(20)12-15(19(18)24-2)14-21-8-10-22(11-9-21)17-6-4-3-5-7-17/h3-7,12-13H,8-11,14,20H2,1-2H3. The number of benzene rings is 2. The molecule has 5 nitrogen and oxygen atoms in total. The van der Waals surface area contributed by atoms with Crippen molar-refractivity contribution < 1.29 is 9.47 Å². The van der Waals surface area contributed by atoms with Gasteiger partial charge in [0.25, 0.3) is 0 Å². The number of hydrogen-bond acceptors (Lipinski definition) is 5. The van der Waals surface area contributed by atoms with E-state index in [0.717, 1.165) is 44.0 Å². The molecule has 5 heteroatoms. The minimum Gasteiger partial charge on any atom is -0.493 e. The van der Waals surface area contributed by atoms with Gasteiger partial charge >= 0.3 is 0 Å². The molecule has 3 rings (SSSR count). The molecule has 1 fully saturated rings. The number of piperazine rings is 1. The molecule has 0 bridgehead atoms. The number of anilines is 2. The van der Waals surface area contributed by atoms with Crippen molar-refractivity contribution in [3.63, 3.8) is 0 Å². The number of nitrogen functional groups attached to an aromatic ring is 1. The third-order valence-corrected chi connectivity index (χ3v) is 4.47. The van der Waals surface area contributed by atoms with E-state index >= 15 is 0 Å². The van der Waals surface area contributed by atoms with Crippen LogP contribution in [0.25, 0.3) is 0 Å². The highest BCUT2D eigenvalue weighted by atomic mass is 16.5. The van der Waals surface area contributed by atoms with Crippen LogP contribution in [0.4, 0.5) is 11.4 Å². The molecule has 0 spiro atoms. The SMILES string of the molecule is COc1cc(N)cc(CN2CCN(c3ccccc3)CC2)c1OC. The predicted octanol–water partition coefficient (Wildman–Crippen LogP) is 2.61. The molecule has 0 amide bonds. The van der Waals surface area contributed by atoms with Crippen LogP contribution in [-0.2, 0) is 6.54 Å². The van der Waals surface area contributed by atoms with E-state index in [-0.39, 0.29) is 0 Å². The molecule has 0 aromatic heterocycles. The van der Waals surface area contributed by atoms with E-state index in [1.807, 2.05) is 6.07 Å². The molecule has 1 aliphatic rings. The predicted molar refractivity (Wildman–Crippen MR) is 97.9 cm³/mol. The molecule has 2 aromatic carbocycles. The van der Waals surface area contributed by atoms with Crippen LogP contribution in [0.15, 0.2) is 42.5 Å². The molecule has 1 saturated heterocycles. The Kier molecular flexibility index (Phi) is 5.11. The van der Waals surface area contributed by atoms with E-state index in [4.69, 9.17) is 15.2 Å². The van der Waals surface area contributed by atoms with Gasteiger partial charge < -0.3 is 20.1 Å². The van der Waals surface area contributed by atoms with E-state index in [1.165, 1.54) is 5.69 Å². The van der Waals surface area contributed by atoms with Crippen LogP contribution in [-0.4, -0.2) is 45.3 Å². The summed E-state index contributed by atoms with van der Waals surface area (Å²) in [6, 6.07) is 14.3. The van der Waals surface area contributed by atoms with Gasteiger partial charge in [0, 0.05) is 55.7 Å². The van der Waals surface area contributed by atoms with Crippen molar-refractivity contribution in [1.29, 1.82) is 0 Å². The Labute approximate surface area is 143 Å². The molecule has 2 N–H and O–H groups in total. The van der Waals surface area contributed by atoms with Crippen molar-refractivity contribution in [3.8, 4) is 11.5 Å². The average Bonchev–Trinajstić information content (AvgIpc) is 2.62. The van der Waals surface area contributed by atoms with E-state index in [9.17, 15) is 0 Å². The molecule has 0 saturated carbocycles. The van der Waals surface area contributed by atoms with Crippen molar-refractivity contribution in [2.45, 2.75) is 6.54 Å². The lowest BCUT2D eigenvalue weighted by molar-refractivity contribution is 0.244. The second-order valence-corrected chi connectivity index (χ2v) is 6.01. The first kappa shape index (κ1) is 16.5. The fourth-order valence-corrected chi connectivity index (χ4v) is 3.23. The summed E-state index contributed by atoms with van der Waals surface area (Å²) in [5, 5.41) is 0. The Balaban J connectivity index is 1.67. The van der Waals surface area contributed by atoms with Gasteiger partial charge in [-0.25, -0.2) is 0 Å². The van der Waals surface area contributed by atoms with Gasteiger partial charge in [-0.05, 0) is 18.2 Å². The van der Waals surface area contributed by atoms with Crippen molar-refractivity contribution in [2.24, 2.45) is 0 Å². The van der Waals surface area contributed by atoms with Gasteiger partial charge in [-0.2, -0.15) is 0 Å². The number of ether oxygens (including phenoxy) is 2. The van der Waals surface area contributed by atoms with Gasteiger partial charge in [0.2, 0.25) is 0 Å². The number of nitrogens with two attached hydrogens (primary N) is 1. The van der Waals surface area contributed by atoms with Gasteiger partial charge in [0.1, 0.15) is 0 Å². The van der Waals surface area contributed by atoms with Crippen molar-refractivity contribution >= 4 is 11.4 Å². The summed E-state index contributed by atoms with van der Waals surface area (Å²) < 4.78 is 10.9. The highest BCUT2D eigenvalue weighted by Crippen LogP contribution is 2.34. The molecule has 0 unspecified atom stereocenters. The Morgan fingerprint density at radius 2 is 1.67 bits per heavy atom. The zero-order chi connectivity index (χ0) is 16.9. The molecule has 128 valence electrons. The van der Waals surface area contributed by atoms with Gasteiger partial charge in [0.05, 0.1) is 14.2 Å². The van der Waals surface area contributed by atoms with Crippen molar-refractivity contribution in [3.05, 3.63) is 48.0 Å². The number of methoxy groups -OCH3 is 2. The summed E-state index contributed by atoms with van der Waals surface area (Å²) >= 11 is 0. The lowest BCUT2D eigenvalue weighted by atomic mass is 10.1. The average molecular weight is 327 g/mol. The summed E-state index contributed by atoms with van der Waals surface area (Å²) in [4.78, 5) is 4.85. The number of rotatable bonds is 5. The van der Waals surface area contributed by atoms with E-state index < -0.39 is 0 Å². The third-order valence-electron chi connectivity index (χ3n) is 4.47. The smallest absolute Gasteiger partial charge is 0.165 e. The van der Waals surface area contributed by atoms with Crippen LogP contribution in [0.5, 0.6) is 11.5 Å². The third kappa shape index (κ3) is 3.57. The van der Waals surface area contributed by atoms with Crippen molar-refractivity contribution in [1.82, 2.24) is 4.90 Å². The zero-order valence-corrected chi connectivity index (χ0v) is 14.4. The monoisotopic (exact) mass is 327 g/mol. The second-order valence-electron chi connectivity index (χ2n) is 6.01. The van der Waals surface area contributed by atoms with Crippen LogP contribution in [0, 0.1) is 0 Å². The Morgan fingerprint density at radius 3 is 2.29 bits per heavy atom. The maximum atomic E-state index is 6.00. The summed E-state index contributed by atoms with van der Waals surface area (Å²) in [7, 11) is 3.31. The fraction of sp³-hybridized carbons (Fsp3) is 0.368. The summed E-state index contributed by atoms with van der Waals surface area (Å²) in [6.45, 7) is 4.87. The lowest BCUT2D eigenvalue weighted by Crippen LogP contribution is -2.46. The minimum absolute atomic E-state index is 0.690. The Morgan fingerprint density at radius 1 is 0.958 bits per heavy atom. The first-order chi connectivity index (χ1) is 11.7. The molecular weight excluding hydrogens is 302 g/mol. The minimum atomic E-state index is 0.690. The molecule has 2 aromatic rings. The number of hydrogen-bond donors (Lipinski definition) is 1. The highest BCUT2D eigenvalue weighted by Gasteiger charge is 2.20. The van der Waals surface area contributed by atoms with E-state index in [2.05, 4.69) is 40.1 Å². The molecule has 1 aliphatic heterocycles. The van der Waals surface area contributed by atoms with Crippen LogP contribution >= 0.6 is 0 Å². The van der Waals surface area contributed by atoms with Crippen LogP contribution in [0.3, 0.4) is 0 Å². The number of para-hydroxylation sites is 1. The maximum Gasteiger partial charge on any atom is 0.165 e. The summed E-state index contributed by atoms with van der Waals surface area (Å²) in [5.74, 6) is 1.47. The Bertz CT molecular complexity index is 668. The molecule has 0 radical (unpaired) electrons. The zero-order valence-electron chi connectivity index (χ0n) is 14.4. The van der Waals surface area contributed by atoms with Crippen LogP contribution < -0.4 is 20.1 Å². The fourth-order valence-electron chi connectivity index (χ4n) is 3.23. The normalized spacial score (nSPS) is 15.3. The van der Waals surface area contributed by atoms with E-state index in [1.54, 1.807) is 20.3 Å². The lowest BCUT2D eigenvalue weighted by Gasteiger charge is -2.36.